The standard InChI is InChI=1S/C24H29ClN6O2S/c1-14-8-20-19(12-30(14)21-10-22(25)29-24-17(21)6-7-26-24)23(28-13-27-20)18-9-16-5-3-4-15(18)11-31(16)34(2,32)33/h6-7,10,13-16,18H,3-5,8-9,11-12H2,1-2H3,(H,26,29)/t14-,15?,16?,18+/m1/s1. The first-order valence-corrected chi connectivity index (χ1v) is 14.2. The minimum atomic E-state index is -3.20. The third-order valence-corrected chi connectivity index (χ3v) is 9.50. The van der Waals surface area contributed by atoms with Gasteiger partial charge in [0.1, 0.15) is 17.1 Å². The van der Waals surface area contributed by atoms with Crippen LogP contribution in [0.3, 0.4) is 0 Å². The van der Waals surface area contributed by atoms with Gasteiger partial charge in [0.2, 0.25) is 10.0 Å². The van der Waals surface area contributed by atoms with Crippen LogP contribution in [0.25, 0.3) is 11.0 Å². The summed E-state index contributed by atoms with van der Waals surface area (Å²) in [5.41, 5.74) is 5.26. The van der Waals surface area contributed by atoms with Crippen molar-refractivity contribution >= 4 is 38.3 Å². The van der Waals surface area contributed by atoms with E-state index >= 15 is 0 Å². The van der Waals surface area contributed by atoms with E-state index in [1.165, 1.54) is 11.8 Å². The highest BCUT2D eigenvalue weighted by Gasteiger charge is 2.44. The van der Waals surface area contributed by atoms with Crippen LogP contribution in [0.4, 0.5) is 5.69 Å². The molecule has 180 valence electrons. The van der Waals surface area contributed by atoms with Gasteiger partial charge in [0.05, 0.1) is 23.3 Å². The lowest BCUT2D eigenvalue weighted by atomic mass is 9.79. The summed E-state index contributed by atoms with van der Waals surface area (Å²) in [7, 11) is -3.20. The van der Waals surface area contributed by atoms with Crippen molar-refractivity contribution in [3.8, 4) is 0 Å². The second-order valence-corrected chi connectivity index (χ2v) is 12.4. The number of hydrogen-bond acceptors (Lipinski definition) is 6. The Hall–Kier alpha value is -2.23. The zero-order chi connectivity index (χ0) is 23.6. The lowest BCUT2D eigenvalue weighted by Crippen LogP contribution is -2.48. The molecule has 8 nitrogen and oxygen atoms in total. The Balaban J connectivity index is 1.39. The third-order valence-electron chi connectivity index (χ3n) is 8.01. The van der Waals surface area contributed by atoms with Crippen molar-refractivity contribution in [2.75, 3.05) is 17.7 Å². The molecule has 3 aromatic heterocycles. The highest BCUT2D eigenvalue weighted by atomic mass is 35.5. The van der Waals surface area contributed by atoms with Crippen LogP contribution < -0.4 is 4.90 Å². The number of anilines is 1. The fourth-order valence-electron chi connectivity index (χ4n) is 6.42. The van der Waals surface area contributed by atoms with Gasteiger partial charge in [0, 0.05) is 54.7 Å². The zero-order valence-corrected chi connectivity index (χ0v) is 21.0. The third kappa shape index (κ3) is 3.69. The Morgan fingerprint density at radius 1 is 1.24 bits per heavy atom. The molecule has 4 aliphatic rings. The molecule has 2 saturated heterocycles. The van der Waals surface area contributed by atoms with Crippen molar-refractivity contribution in [1.82, 2.24) is 24.2 Å². The number of aromatic amines is 1. The van der Waals surface area contributed by atoms with Gasteiger partial charge < -0.3 is 9.88 Å². The van der Waals surface area contributed by atoms with Crippen molar-refractivity contribution in [2.45, 2.75) is 63.6 Å². The van der Waals surface area contributed by atoms with Crippen LogP contribution in [0.5, 0.6) is 0 Å². The van der Waals surface area contributed by atoms with E-state index in [1.54, 1.807) is 10.6 Å². The molecular weight excluding hydrogens is 472 g/mol. The lowest BCUT2D eigenvalue weighted by Gasteiger charge is -2.42. The van der Waals surface area contributed by atoms with Gasteiger partial charge in [-0.15, -0.1) is 0 Å². The number of piperidine rings is 1. The van der Waals surface area contributed by atoms with E-state index in [0.717, 1.165) is 60.2 Å². The molecule has 1 N–H and O–H groups in total. The molecule has 1 aliphatic carbocycles. The molecule has 6 heterocycles. The number of halogens is 1. The maximum absolute atomic E-state index is 12.4. The Morgan fingerprint density at radius 3 is 2.91 bits per heavy atom. The molecule has 3 aliphatic heterocycles. The normalized spacial score (nSPS) is 27.7. The molecule has 2 bridgehead atoms. The number of pyridine rings is 1. The Labute approximate surface area is 204 Å². The largest absolute Gasteiger partial charge is 0.363 e. The van der Waals surface area contributed by atoms with Crippen LogP contribution in [0.15, 0.2) is 24.7 Å². The number of sulfonamides is 1. The fourth-order valence-corrected chi connectivity index (χ4v) is 7.80. The van der Waals surface area contributed by atoms with Crippen molar-refractivity contribution < 1.29 is 8.42 Å². The summed E-state index contributed by atoms with van der Waals surface area (Å²) in [6.07, 6.45) is 9.63. The second-order valence-electron chi connectivity index (χ2n) is 10.1. The molecule has 34 heavy (non-hydrogen) atoms. The fraction of sp³-hybridized carbons (Fsp3) is 0.542. The predicted molar refractivity (Wildman–Crippen MR) is 133 cm³/mol. The first kappa shape index (κ1) is 22.2. The molecule has 7 rings (SSSR count). The van der Waals surface area contributed by atoms with E-state index in [9.17, 15) is 8.42 Å². The summed E-state index contributed by atoms with van der Waals surface area (Å²) in [6.45, 7) is 3.52. The molecule has 0 radical (unpaired) electrons. The van der Waals surface area contributed by atoms with Crippen molar-refractivity contribution in [2.24, 2.45) is 5.92 Å². The number of H-pyrrole nitrogens is 1. The number of rotatable bonds is 3. The molecule has 3 fully saturated rings. The predicted octanol–water partition coefficient (Wildman–Crippen LogP) is 3.88. The minimum Gasteiger partial charge on any atom is -0.363 e. The SMILES string of the molecule is C[C@@H]1Cc2ncnc([C@H]3CC4CCCC3CN4S(C)(=O)=O)c2CN1c1cc(Cl)nc2[nH]ccc12. The van der Waals surface area contributed by atoms with Gasteiger partial charge in [-0.3, -0.25) is 0 Å². The van der Waals surface area contributed by atoms with E-state index in [2.05, 4.69) is 26.8 Å². The summed E-state index contributed by atoms with van der Waals surface area (Å²) in [4.78, 5) is 19.5. The van der Waals surface area contributed by atoms with Crippen LogP contribution in [0.1, 0.15) is 55.5 Å². The first-order chi connectivity index (χ1) is 16.3. The molecule has 0 amide bonds. The van der Waals surface area contributed by atoms with Gasteiger partial charge in [0.25, 0.3) is 0 Å². The number of hydrogen-bond donors (Lipinski definition) is 1. The first-order valence-electron chi connectivity index (χ1n) is 12.0. The molecule has 10 heteroatoms. The van der Waals surface area contributed by atoms with Crippen LogP contribution in [-0.2, 0) is 23.0 Å². The monoisotopic (exact) mass is 500 g/mol. The Bertz CT molecular complexity index is 1360. The van der Waals surface area contributed by atoms with Crippen LogP contribution >= 0.6 is 11.6 Å². The molecule has 0 aromatic carbocycles. The summed E-state index contributed by atoms with van der Waals surface area (Å²) >= 11 is 6.38. The zero-order valence-electron chi connectivity index (χ0n) is 19.4. The van der Waals surface area contributed by atoms with E-state index in [4.69, 9.17) is 16.6 Å². The smallest absolute Gasteiger partial charge is 0.211 e. The van der Waals surface area contributed by atoms with Crippen molar-refractivity contribution in [3.05, 3.63) is 46.8 Å². The topological polar surface area (TPSA) is 95.1 Å². The maximum Gasteiger partial charge on any atom is 0.211 e. The molecule has 4 atom stereocenters. The van der Waals surface area contributed by atoms with Crippen LogP contribution in [0, 0.1) is 5.92 Å². The molecule has 3 aromatic rings. The average Bonchev–Trinajstić information content (AvgIpc) is 3.03. The molecule has 0 spiro atoms. The van der Waals surface area contributed by atoms with Gasteiger partial charge in [-0.1, -0.05) is 18.0 Å². The van der Waals surface area contributed by atoms with Gasteiger partial charge in [0.15, 0.2) is 0 Å². The van der Waals surface area contributed by atoms with Crippen LogP contribution in [-0.4, -0.2) is 57.5 Å². The van der Waals surface area contributed by atoms with E-state index < -0.39 is 10.0 Å². The minimum absolute atomic E-state index is 0.0569. The molecule has 1 saturated carbocycles. The number of aromatic nitrogens is 4. The van der Waals surface area contributed by atoms with E-state index in [0.29, 0.717) is 18.2 Å². The van der Waals surface area contributed by atoms with Gasteiger partial charge >= 0.3 is 0 Å². The highest BCUT2D eigenvalue weighted by molar-refractivity contribution is 7.88. The van der Waals surface area contributed by atoms with Crippen molar-refractivity contribution in [1.29, 1.82) is 0 Å². The van der Waals surface area contributed by atoms with Gasteiger partial charge in [-0.2, -0.15) is 4.31 Å². The van der Waals surface area contributed by atoms with Crippen molar-refractivity contribution in [3.63, 3.8) is 0 Å². The van der Waals surface area contributed by atoms with Gasteiger partial charge in [-0.05, 0) is 44.2 Å². The van der Waals surface area contributed by atoms with E-state index in [-0.39, 0.29) is 23.9 Å². The lowest BCUT2D eigenvalue weighted by molar-refractivity contribution is 0.189. The summed E-state index contributed by atoms with van der Waals surface area (Å²) in [5.74, 6) is 0.540. The quantitative estimate of drug-likeness (QED) is 0.548. The second kappa shape index (κ2) is 8.17. The highest BCUT2D eigenvalue weighted by Crippen LogP contribution is 2.45. The Morgan fingerprint density at radius 2 is 2.09 bits per heavy atom. The average molecular weight is 501 g/mol. The Kier molecular flexibility index (Phi) is 5.35. The maximum atomic E-state index is 12.4. The van der Waals surface area contributed by atoms with Gasteiger partial charge in [-0.25, -0.2) is 23.4 Å². The number of nitrogens with one attached hydrogen (secondary N) is 1. The van der Waals surface area contributed by atoms with E-state index in [1.807, 2.05) is 18.3 Å². The molecular formula is C24H29ClN6O2S. The summed E-state index contributed by atoms with van der Waals surface area (Å²) in [6, 6.07) is 4.29. The van der Waals surface area contributed by atoms with Crippen LogP contribution in [0.2, 0.25) is 5.15 Å². The number of fused-ring (bicyclic) bond motifs is 6. The number of nitrogens with zero attached hydrogens (tertiary/aromatic N) is 5. The summed E-state index contributed by atoms with van der Waals surface area (Å²) in [5, 5.41) is 1.52. The molecule has 2 unspecified atom stereocenters. The summed E-state index contributed by atoms with van der Waals surface area (Å²) < 4.78 is 26.6.